The number of hydrogen-bond donors (Lipinski definition) is 1. The number of nitrogens with zero attached hydrogens (tertiary/aromatic N) is 3. The maximum absolute atomic E-state index is 5.97. The Balaban J connectivity index is 2.67. The van der Waals surface area contributed by atoms with Gasteiger partial charge in [0.05, 0.1) is 0 Å². The van der Waals surface area contributed by atoms with Crippen LogP contribution < -0.4 is 0 Å². The zero-order chi connectivity index (χ0) is 10.1. The van der Waals surface area contributed by atoms with Crippen LogP contribution in [0.3, 0.4) is 0 Å². The Bertz CT molecular complexity index is 470. The van der Waals surface area contributed by atoms with E-state index in [9.17, 15) is 0 Å². The Morgan fingerprint density at radius 2 is 1.93 bits per heavy atom. The molecule has 0 saturated heterocycles. The van der Waals surface area contributed by atoms with Crippen LogP contribution in [0.4, 0.5) is 0 Å². The Labute approximate surface area is 94.3 Å². The molecule has 2 rings (SSSR count). The topological polar surface area (TPSA) is 54.5 Å². The average molecular weight is 247 g/mol. The monoisotopic (exact) mass is 246 g/mol. The van der Waals surface area contributed by atoms with E-state index in [-0.39, 0.29) is 0 Å². The number of imidazole rings is 1. The van der Waals surface area contributed by atoms with Gasteiger partial charge in [-0.3, -0.25) is 0 Å². The molecule has 14 heavy (non-hydrogen) atoms. The van der Waals surface area contributed by atoms with Crippen molar-refractivity contribution in [3.05, 3.63) is 5.15 Å². The second-order valence-electron chi connectivity index (χ2n) is 2.45. The number of rotatable bonds is 2. The van der Waals surface area contributed by atoms with Gasteiger partial charge in [-0.15, -0.1) is 0 Å². The zero-order valence-corrected chi connectivity index (χ0v) is 9.93. The smallest absolute Gasteiger partial charge is 0.190 e. The lowest BCUT2D eigenvalue weighted by molar-refractivity contribution is 0.993. The van der Waals surface area contributed by atoms with Crippen LogP contribution in [0, 0.1) is 0 Å². The van der Waals surface area contributed by atoms with Crippen molar-refractivity contribution >= 4 is 46.3 Å². The van der Waals surface area contributed by atoms with Gasteiger partial charge in [0.2, 0.25) is 0 Å². The maximum Gasteiger partial charge on any atom is 0.190 e. The van der Waals surface area contributed by atoms with Crippen molar-refractivity contribution in [2.45, 2.75) is 10.3 Å². The number of aromatic amines is 1. The molecule has 4 nitrogen and oxygen atoms in total. The molecular formula is C7H7ClN4S2. The minimum Gasteiger partial charge on any atom is -0.329 e. The number of thioether (sulfide) groups is 2. The fourth-order valence-electron chi connectivity index (χ4n) is 1.01. The third-order valence-electron chi connectivity index (χ3n) is 1.64. The molecule has 0 spiro atoms. The number of hydrogen-bond acceptors (Lipinski definition) is 5. The third kappa shape index (κ3) is 1.69. The zero-order valence-electron chi connectivity index (χ0n) is 7.54. The van der Waals surface area contributed by atoms with Crippen molar-refractivity contribution in [1.29, 1.82) is 0 Å². The van der Waals surface area contributed by atoms with Crippen molar-refractivity contribution in [2.24, 2.45) is 0 Å². The summed E-state index contributed by atoms with van der Waals surface area (Å²) >= 11 is 8.93. The highest BCUT2D eigenvalue weighted by atomic mass is 35.5. The summed E-state index contributed by atoms with van der Waals surface area (Å²) in [5, 5.41) is 1.86. The Hall–Kier alpha value is -0.460. The molecule has 2 aromatic heterocycles. The molecule has 0 fully saturated rings. The SMILES string of the molecule is CSc1nc(Cl)c2[nH]c(SC)nc2n1. The first kappa shape index (κ1) is 10.1. The van der Waals surface area contributed by atoms with Gasteiger partial charge >= 0.3 is 0 Å². The molecular weight excluding hydrogens is 240 g/mol. The van der Waals surface area contributed by atoms with E-state index in [1.165, 1.54) is 23.5 Å². The summed E-state index contributed by atoms with van der Waals surface area (Å²) in [5.41, 5.74) is 1.33. The number of aromatic nitrogens is 4. The predicted molar refractivity (Wildman–Crippen MR) is 60.3 cm³/mol. The first-order chi connectivity index (χ1) is 6.74. The second-order valence-corrected chi connectivity index (χ2v) is 4.37. The molecule has 2 heterocycles. The predicted octanol–water partition coefficient (Wildman–Crippen LogP) is 2.45. The summed E-state index contributed by atoms with van der Waals surface area (Å²) in [6, 6.07) is 0. The molecule has 7 heteroatoms. The van der Waals surface area contributed by atoms with E-state index in [0.717, 1.165) is 5.16 Å². The normalized spacial score (nSPS) is 11.1. The van der Waals surface area contributed by atoms with Crippen LogP contribution in [0.5, 0.6) is 0 Å². The first-order valence-corrected chi connectivity index (χ1v) is 6.58. The third-order valence-corrected chi connectivity index (χ3v) is 3.04. The highest BCUT2D eigenvalue weighted by Crippen LogP contribution is 2.23. The lowest BCUT2D eigenvalue weighted by Gasteiger charge is -1.95. The van der Waals surface area contributed by atoms with E-state index in [0.29, 0.717) is 21.5 Å². The fraction of sp³-hybridized carbons (Fsp3) is 0.286. The van der Waals surface area contributed by atoms with E-state index in [1.54, 1.807) is 0 Å². The van der Waals surface area contributed by atoms with Gasteiger partial charge in [0, 0.05) is 0 Å². The molecule has 0 radical (unpaired) electrons. The van der Waals surface area contributed by atoms with Crippen molar-refractivity contribution in [3.8, 4) is 0 Å². The van der Waals surface area contributed by atoms with Gasteiger partial charge in [0.25, 0.3) is 0 Å². The van der Waals surface area contributed by atoms with E-state index < -0.39 is 0 Å². The number of fused-ring (bicyclic) bond motifs is 1. The number of halogens is 1. The summed E-state index contributed by atoms with van der Waals surface area (Å²) in [4.78, 5) is 15.6. The van der Waals surface area contributed by atoms with Crippen LogP contribution in [-0.2, 0) is 0 Å². The lowest BCUT2D eigenvalue weighted by Crippen LogP contribution is -1.87. The molecule has 0 aliphatic heterocycles. The van der Waals surface area contributed by atoms with E-state index in [2.05, 4.69) is 19.9 Å². The molecule has 0 saturated carbocycles. The highest BCUT2D eigenvalue weighted by molar-refractivity contribution is 7.98. The molecule has 0 aromatic carbocycles. The summed E-state index contributed by atoms with van der Waals surface area (Å²) in [6.07, 6.45) is 3.84. The minimum atomic E-state index is 0.423. The van der Waals surface area contributed by atoms with Gasteiger partial charge in [0.1, 0.15) is 5.52 Å². The highest BCUT2D eigenvalue weighted by Gasteiger charge is 2.09. The number of nitrogens with one attached hydrogen (secondary N) is 1. The number of H-pyrrole nitrogens is 1. The molecule has 0 atom stereocenters. The molecule has 0 unspecified atom stereocenters. The molecule has 0 aliphatic rings. The van der Waals surface area contributed by atoms with Crippen LogP contribution >= 0.6 is 35.1 Å². The Morgan fingerprint density at radius 1 is 1.14 bits per heavy atom. The van der Waals surface area contributed by atoms with Gasteiger partial charge < -0.3 is 4.98 Å². The minimum absolute atomic E-state index is 0.423. The summed E-state index contributed by atoms with van der Waals surface area (Å²) < 4.78 is 0. The van der Waals surface area contributed by atoms with Crippen LogP contribution in [-0.4, -0.2) is 32.4 Å². The lowest BCUT2D eigenvalue weighted by atomic mass is 10.6. The Morgan fingerprint density at radius 3 is 2.57 bits per heavy atom. The van der Waals surface area contributed by atoms with Crippen molar-refractivity contribution in [2.75, 3.05) is 12.5 Å². The molecule has 0 amide bonds. The summed E-state index contributed by atoms with van der Waals surface area (Å²) in [7, 11) is 0. The average Bonchev–Trinajstić information content (AvgIpc) is 2.61. The largest absolute Gasteiger partial charge is 0.329 e. The van der Waals surface area contributed by atoms with Gasteiger partial charge in [-0.25, -0.2) is 15.0 Å². The molecule has 1 N–H and O–H groups in total. The van der Waals surface area contributed by atoms with Crippen molar-refractivity contribution < 1.29 is 0 Å². The van der Waals surface area contributed by atoms with E-state index in [1.807, 2.05) is 12.5 Å². The second kappa shape index (κ2) is 3.96. The fourth-order valence-corrected chi connectivity index (χ4v) is 2.02. The van der Waals surface area contributed by atoms with E-state index in [4.69, 9.17) is 11.6 Å². The summed E-state index contributed by atoms with van der Waals surface area (Å²) in [5.74, 6) is 0. The maximum atomic E-state index is 5.97. The molecule has 2 aromatic rings. The van der Waals surface area contributed by atoms with Gasteiger partial charge in [0.15, 0.2) is 21.1 Å². The standard InChI is InChI=1S/C7H7ClN4S2/c1-13-6-9-3-4(8)10-7(14-2)12-5(3)11-6/h1-2H3,(H,9,10,11,12). The van der Waals surface area contributed by atoms with Crippen LogP contribution in [0.2, 0.25) is 5.15 Å². The first-order valence-electron chi connectivity index (χ1n) is 3.76. The van der Waals surface area contributed by atoms with Crippen LogP contribution in [0.25, 0.3) is 11.2 Å². The molecule has 74 valence electrons. The van der Waals surface area contributed by atoms with Gasteiger partial charge in [-0.2, -0.15) is 0 Å². The van der Waals surface area contributed by atoms with E-state index >= 15 is 0 Å². The molecule has 0 bridgehead atoms. The van der Waals surface area contributed by atoms with Crippen LogP contribution in [0.15, 0.2) is 10.3 Å². The Kier molecular flexibility index (Phi) is 2.85. The van der Waals surface area contributed by atoms with Crippen LogP contribution in [0.1, 0.15) is 0 Å². The van der Waals surface area contributed by atoms with Crippen molar-refractivity contribution in [1.82, 2.24) is 19.9 Å². The summed E-state index contributed by atoms with van der Waals surface area (Å²) in [6.45, 7) is 0. The van der Waals surface area contributed by atoms with Gasteiger partial charge in [-0.05, 0) is 12.5 Å². The van der Waals surface area contributed by atoms with Crippen molar-refractivity contribution in [3.63, 3.8) is 0 Å². The molecule has 0 aliphatic carbocycles. The quantitative estimate of drug-likeness (QED) is 0.501. The van der Waals surface area contributed by atoms with Gasteiger partial charge in [-0.1, -0.05) is 35.1 Å².